The quantitative estimate of drug-likeness (QED) is 0.293. The molecule has 0 aliphatic heterocycles. The summed E-state index contributed by atoms with van der Waals surface area (Å²) < 4.78 is 44.5. The van der Waals surface area contributed by atoms with Gasteiger partial charge in [-0.2, -0.15) is 13.2 Å². The molecule has 1 N–H and O–H groups in total. The minimum Gasteiger partial charge on any atom is -0.481 e. The van der Waals surface area contributed by atoms with E-state index in [2.05, 4.69) is 15.9 Å². The van der Waals surface area contributed by atoms with Gasteiger partial charge in [0.05, 0.1) is 10.9 Å². The van der Waals surface area contributed by atoms with E-state index in [9.17, 15) is 18.0 Å². The van der Waals surface area contributed by atoms with Crippen LogP contribution in [0.4, 0.5) is 13.2 Å². The molecule has 0 aromatic heterocycles. The molecule has 3 rings (SSSR count). The predicted octanol–water partition coefficient (Wildman–Crippen LogP) is 7.24. The Morgan fingerprint density at radius 3 is 2.39 bits per heavy atom. The Labute approximate surface area is 202 Å². The summed E-state index contributed by atoms with van der Waals surface area (Å²) in [6, 6.07) is 21.4. The van der Waals surface area contributed by atoms with Crippen molar-refractivity contribution in [2.24, 2.45) is 0 Å². The van der Waals surface area contributed by atoms with E-state index in [1.807, 2.05) is 54.6 Å². The molecule has 3 aromatic carbocycles. The van der Waals surface area contributed by atoms with Crippen LogP contribution in [0.15, 0.2) is 88.2 Å². The van der Waals surface area contributed by atoms with Crippen molar-refractivity contribution in [1.29, 1.82) is 0 Å². The monoisotopic (exact) mass is 536 g/mol. The van der Waals surface area contributed by atoms with Crippen LogP contribution in [0.5, 0.6) is 5.75 Å². The average molecular weight is 537 g/mol. The number of aliphatic carboxylic acids is 1. The number of hydrogen-bond donors (Lipinski definition) is 1. The van der Waals surface area contributed by atoms with Gasteiger partial charge < -0.3 is 9.84 Å². The van der Waals surface area contributed by atoms with Crippen LogP contribution >= 0.6 is 27.7 Å². The number of carboxylic acids is 1. The SMILES string of the molecule is O=C(O)COc1ccc(SCC=C(c2ccccc2)c2cccc(CC(F)(F)F)c2)cc1Br. The van der Waals surface area contributed by atoms with Gasteiger partial charge in [0.1, 0.15) is 5.75 Å². The topological polar surface area (TPSA) is 46.5 Å². The smallest absolute Gasteiger partial charge is 0.393 e. The molecule has 33 heavy (non-hydrogen) atoms. The van der Waals surface area contributed by atoms with E-state index in [0.717, 1.165) is 21.6 Å². The van der Waals surface area contributed by atoms with E-state index >= 15 is 0 Å². The molecule has 0 fully saturated rings. The third kappa shape index (κ3) is 7.98. The first-order valence-corrected chi connectivity index (χ1v) is 11.7. The number of halogens is 4. The highest BCUT2D eigenvalue weighted by Gasteiger charge is 2.27. The average Bonchev–Trinajstić information content (AvgIpc) is 2.75. The first-order valence-electron chi connectivity index (χ1n) is 9.90. The summed E-state index contributed by atoms with van der Waals surface area (Å²) in [4.78, 5) is 11.6. The lowest BCUT2D eigenvalue weighted by Gasteiger charge is -2.12. The molecular formula is C25H20BrF3O3S. The van der Waals surface area contributed by atoms with Crippen LogP contribution < -0.4 is 4.74 Å². The number of hydrogen-bond acceptors (Lipinski definition) is 3. The van der Waals surface area contributed by atoms with Gasteiger partial charge in [0, 0.05) is 10.6 Å². The maximum absolute atomic E-state index is 12.9. The fourth-order valence-corrected chi connectivity index (χ4v) is 4.60. The minimum atomic E-state index is -4.27. The van der Waals surface area contributed by atoms with Crippen LogP contribution in [-0.2, 0) is 11.2 Å². The highest BCUT2D eigenvalue weighted by atomic mass is 79.9. The normalized spacial score (nSPS) is 11.9. The highest BCUT2D eigenvalue weighted by molar-refractivity contribution is 9.10. The molecule has 0 radical (unpaired) electrons. The van der Waals surface area contributed by atoms with Crippen LogP contribution in [0, 0.1) is 0 Å². The fraction of sp³-hybridized carbons (Fsp3) is 0.160. The third-order valence-electron chi connectivity index (χ3n) is 4.52. The Balaban J connectivity index is 1.80. The standard InChI is InChI=1S/C25H20BrF3O3S/c26-22-14-20(9-10-23(22)32-16-24(30)31)33-12-11-21(18-6-2-1-3-7-18)19-8-4-5-17(13-19)15-25(27,28)29/h1-11,13-14H,12,15-16H2,(H,30,31). The van der Waals surface area contributed by atoms with Crippen LogP contribution in [-0.4, -0.2) is 29.6 Å². The highest BCUT2D eigenvalue weighted by Crippen LogP contribution is 2.32. The van der Waals surface area contributed by atoms with Crippen LogP contribution in [0.3, 0.4) is 0 Å². The molecule has 0 atom stereocenters. The molecule has 0 bridgehead atoms. The Bertz CT molecular complexity index is 1130. The summed E-state index contributed by atoms with van der Waals surface area (Å²) in [5.74, 6) is -0.0443. The maximum atomic E-state index is 12.9. The second kappa shape index (κ2) is 11.4. The van der Waals surface area contributed by atoms with Crippen molar-refractivity contribution < 1.29 is 27.8 Å². The van der Waals surface area contributed by atoms with E-state index in [0.29, 0.717) is 16.0 Å². The van der Waals surface area contributed by atoms with E-state index in [1.54, 1.807) is 30.0 Å². The van der Waals surface area contributed by atoms with Crippen LogP contribution in [0.25, 0.3) is 5.57 Å². The van der Waals surface area contributed by atoms with Crippen molar-refractivity contribution >= 4 is 39.2 Å². The van der Waals surface area contributed by atoms with Gasteiger partial charge in [-0.15, -0.1) is 11.8 Å². The van der Waals surface area contributed by atoms with Crippen molar-refractivity contribution in [3.8, 4) is 5.75 Å². The van der Waals surface area contributed by atoms with Crippen molar-refractivity contribution in [3.63, 3.8) is 0 Å². The molecule has 0 aliphatic rings. The molecule has 172 valence electrons. The Hall–Kier alpha value is -2.71. The number of carbonyl (C=O) groups is 1. The molecule has 3 aromatic rings. The van der Waals surface area contributed by atoms with Crippen LogP contribution in [0.1, 0.15) is 16.7 Å². The fourth-order valence-electron chi connectivity index (χ4n) is 3.15. The number of thioether (sulfide) groups is 1. The largest absolute Gasteiger partial charge is 0.481 e. The summed E-state index contributed by atoms with van der Waals surface area (Å²) in [5.41, 5.74) is 2.71. The van der Waals surface area contributed by atoms with Gasteiger partial charge in [-0.05, 0) is 56.4 Å². The lowest BCUT2D eigenvalue weighted by Crippen LogP contribution is -2.11. The summed E-state index contributed by atoms with van der Waals surface area (Å²) in [5, 5.41) is 8.74. The van der Waals surface area contributed by atoms with Crippen molar-refractivity contribution in [2.75, 3.05) is 12.4 Å². The molecule has 8 heteroatoms. The number of benzene rings is 3. The Morgan fingerprint density at radius 1 is 1.00 bits per heavy atom. The lowest BCUT2D eigenvalue weighted by atomic mass is 9.95. The number of ether oxygens (including phenoxy) is 1. The second-order valence-electron chi connectivity index (χ2n) is 7.06. The molecular weight excluding hydrogens is 517 g/mol. The lowest BCUT2D eigenvalue weighted by molar-refractivity contribution is -0.139. The van der Waals surface area contributed by atoms with Gasteiger partial charge >= 0.3 is 12.1 Å². The summed E-state index contributed by atoms with van der Waals surface area (Å²) >= 11 is 4.93. The minimum absolute atomic E-state index is 0.218. The molecule has 0 aliphatic carbocycles. The van der Waals surface area contributed by atoms with Gasteiger partial charge in [0.15, 0.2) is 6.61 Å². The molecule has 0 saturated carbocycles. The van der Waals surface area contributed by atoms with Crippen LogP contribution in [0.2, 0.25) is 0 Å². The van der Waals surface area contributed by atoms with E-state index in [4.69, 9.17) is 9.84 Å². The molecule has 0 spiro atoms. The first-order chi connectivity index (χ1) is 15.7. The van der Waals surface area contributed by atoms with Gasteiger partial charge in [-0.3, -0.25) is 0 Å². The predicted molar refractivity (Wildman–Crippen MR) is 128 cm³/mol. The molecule has 3 nitrogen and oxygen atoms in total. The van der Waals surface area contributed by atoms with Crippen molar-refractivity contribution in [3.05, 3.63) is 100 Å². The summed E-state index contributed by atoms with van der Waals surface area (Å²) in [6.07, 6.45) is -3.24. The zero-order valence-corrected chi connectivity index (χ0v) is 19.7. The van der Waals surface area contributed by atoms with E-state index < -0.39 is 25.2 Å². The summed E-state index contributed by atoms with van der Waals surface area (Å²) in [6.45, 7) is -0.429. The first kappa shape index (κ1) is 24.9. The Morgan fingerprint density at radius 2 is 1.73 bits per heavy atom. The maximum Gasteiger partial charge on any atom is 0.393 e. The van der Waals surface area contributed by atoms with Gasteiger partial charge in [-0.25, -0.2) is 4.79 Å². The van der Waals surface area contributed by atoms with Gasteiger partial charge in [0.2, 0.25) is 0 Å². The Kier molecular flexibility index (Phi) is 8.63. The number of rotatable bonds is 9. The molecule has 0 saturated heterocycles. The molecule has 0 amide bonds. The molecule has 0 heterocycles. The van der Waals surface area contributed by atoms with Gasteiger partial charge in [0.25, 0.3) is 0 Å². The van der Waals surface area contributed by atoms with Gasteiger partial charge in [-0.1, -0.05) is 60.7 Å². The van der Waals surface area contributed by atoms with Crippen molar-refractivity contribution in [1.82, 2.24) is 0 Å². The molecule has 0 unspecified atom stereocenters. The van der Waals surface area contributed by atoms with E-state index in [1.165, 1.54) is 6.07 Å². The number of carboxylic acid groups (broad SMARTS) is 1. The second-order valence-corrected chi connectivity index (χ2v) is 9.01. The third-order valence-corrected chi connectivity index (χ3v) is 6.06. The summed E-state index contributed by atoms with van der Waals surface area (Å²) in [7, 11) is 0. The zero-order chi connectivity index (χ0) is 23.8. The van der Waals surface area contributed by atoms with Crippen molar-refractivity contribution in [2.45, 2.75) is 17.5 Å². The zero-order valence-electron chi connectivity index (χ0n) is 17.3. The number of alkyl halides is 3. The van der Waals surface area contributed by atoms with E-state index in [-0.39, 0.29) is 5.56 Å².